The molecular formula is C28H37FN6O. The fourth-order valence-electron chi connectivity index (χ4n) is 6.74. The van der Waals surface area contributed by atoms with Crippen molar-refractivity contribution < 1.29 is 9.18 Å². The van der Waals surface area contributed by atoms with Gasteiger partial charge in [-0.3, -0.25) is 9.69 Å². The largest absolute Gasteiger partial charge is 0.370 e. The number of rotatable bonds is 7. The second-order valence-corrected chi connectivity index (χ2v) is 11.7. The number of nitrogens with one attached hydrogen (secondary N) is 1. The molecule has 4 aliphatic rings. The molecule has 2 aliphatic heterocycles. The minimum Gasteiger partial charge on any atom is -0.370 e. The molecule has 0 radical (unpaired) electrons. The van der Waals surface area contributed by atoms with Gasteiger partial charge in [0, 0.05) is 61.1 Å². The number of anilines is 3. The Balaban J connectivity index is 1.29. The molecule has 6 rings (SSSR count). The molecule has 1 aromatic carbocycles. The summed E-state index contributed by atoms with van der Waals surface area (Å²) in [4.78, 5) is 28.5. The Hall–Kier alpha value is -2.74. The number of nitrogens with zero attached hydrogens (tertiary/aromatic N) is 5. The maximum atomic E-state index is 13.4. The van der Waals surface area contributed by atoms with Crippen LogP contribution < -0.4 is 15.1 Å². The summed E-state index contributed by atoms with van der Waals surface area (Å²) in [6, 6.07) is 6.79. The maximum Gasteiger partial charge on any atom is 0.224 e. The third-order valence-electron chi connectivity index (χ3n) is 8.64. The molecule has 2 aliphatic carbocycles. The van der Waals surface area contributed by atoms with E-state index in [1.165, 1.54) is 25.2 Å². The van der Waals surface area contributed by atoms with Crippen LogP contribution in [-0.2, 0) is 4.79 Å². The molecule has 2 aromatic rings. The fraction of sp³-hybridized carbons (Fsp3) is 0.607. The van der Waals surface area contributed by atoms with Crippen molar-refractivity contribution >= 4 is 23.9 Å². The van der Waals surface area contributed by atoms with Crippen LogP contribution in [0.15, 0.2) is 24.4 Å². The number of hydrogen-bond donors (Lipinski definition) is 1. The third kappa shape index (κ3) is 4.33. The Labute approximate surface area is 213 Å². The van der Waals surface area contributed by atoms with Crippen LogP contribution >= 0.6 is 0 Å². The summed E-state index contributed by atoms with van der Waals surface area (Å²) in [6.45, 7) is 6.75. The number of benzene rings is 1. The van der Waals surface area contributed by atoms with E-state index < -0.39 is 6.17 Å². The molecule has 8 heteroatoms. The summed E-state index contributed by atoms with van der Waals surface area (Å²) in [6.07, 6.45) is 8.43. The minimum atomic E-state index is -0.748. The first-order valence-electron chi connectivity index (χ1n) is 13.5. The van der Waals surface area contributed by atoms with E-state index in [0.717, 1.165) is 61.9 Å². The Bertz CT molecular complexity index is 1120. The summed E-state index contributed by atoms with van der Waals surface area (Å²) in [5.41, 5.74) is 4.81. The molecule has 1 amide bonds. The Morgan fingerprint density at radius 3 is 2.50 bits per heavy atom. The van der Waals surface area contributed by atoms with Gasteiger partial charge in [-0.05, 0) is 62.9 Å². The van der Waals surface area contributed by atoms with E-state index in [2.05, 4.69) is 52.3 Å². The van der Waals surface area contributed by atoms with E-state index in [1.54, 1.807) is 0 Å². The van der Waals surface area contributed by atoms with Gasteiger partial charge in [-0.15, -0.1) is 0 Å². The molecule has 4 fully saturated rings. The molecule has 3 heterocycles. The molecule has 7 nitrogen and oxygen atoms in total. The van der Waals surface area contributed by atoms with Gasteiger partial charge in [-0.2, -0.15) is 4.98 Å². The van der Waals surface area contributed by atoms with E-state index >= 15 is 0 Å². The van der Waals surface area contributed by atoms with E-state index in [-0.39, 0.29) is 12.1 Å². The van der Waals surface area contributed by atoms with Crippen molar-refractivity contribution in [3.8, 4) is 11.1 Å². The van der Waals surface area contributed by atoms with E-state index in [0.29, 0.717) is 30.0 Å². The minimum absolute atomic E-state index is 0.0503. The number of carbonyl (C=O) groups excluding carboxylic acids is 1. The number of carbonyl (C=O) groups is 1. The molecule has 1 spiro atoms. The number of aromatic nitrogens is 2. The zero-order chi connectivity index (χ0) is 24.9. The Morgan fingerprint density at radius 1 is 1.11 bits per heavy atom. The van der Waals surface area contributed by atoms with Gasteiger partial charge in [0.05, 0.1) is 0 Å². The standard InChI is InChI=1S/C28H37FN6O/c1-19-10-23(34-16-28(17-34)14-33(2)15-28)8-9-24(19)25-13-30-27(31-21-11-20(29)12-21)32-26(25)35(18-36)22-6-4-3-5-7-22/h8-10,13,18,20-22H,3-7,11-12,14-17H2,1-2H3,(H,30,31,32). The van der Waals surface area contributed by atoms with Gasteiger partial charge in [-0.1, -0.05) is 25.3 Å². The van der Waals surface area contributed by atoms with Gasteiger partial charge >= 0.3 is 0 Å². The number of likely N-dealkylation sites (tertiary alicyclic amines) is 1. The quantitative estimate of drug-likeness (QED) is 0.578. The number of aryl methyl sites for hydroxylation is 1. The molecule has 2 saturated carbocycles. The van der Waals surface area contributed by atoms with Gasteiger partial charge in [0.25, 0.3) is 0 Å². The summed E-state index contributed by atoms with van der Waals surface area (Å²) in [7, 11) is 2.19. The lowest BCUT2D eigenvalue weighted by Crippen LogP contribution is -2.71. The number of hydrogen-bond acceptors (Lipinski definition) is 6. The van der Waals surface area contributed by atoms with Crippen LogP contribution in [-0.4, -0.2) is 72.8 Å². The van der Waals surface area contributed by atoms with Gasteiger partial charge < -0.3 is 15.1 Å². The van der Waals surface area contributed by atoms with Crippen LogP contribution in [0.4, 0.5) is 21.8 Å². The van der Waals surface area contributed by atoms with Crippen molar-refractivity contribution in [1.82, 2.24) is 14.9 Å². The monoisotopic (exact) mass is 492 g/mol. The highest BCUT2D eigenvalue weighted by molar-refractivity contribution is 5.87. The first-order valence-corrected chi connectivity index (χ1v) is 13.5. The van der Waals surface area contributed by atoms with Gasteiger partial charge in [0.15, 0.2) is 0 Å². The zero-order valence-corrected chi connectivity index (χ0v) is 21.4. The molecule has 0 unspecified atom stereocenters. The van der Waals surface area contributed by atoms with Crippen molar-refractivity contribution in [2.24, 2.45) is 5.41 Å². The number of halogens is 1. The summed E-state index contributed by atoms with van der Waals surface area (Å²) < 4.78 is 13.4. The van der Waals surface area contributed by atoms with E-state index in [4.69, 9.17) is 4.98 Å². The average Bonchev–Trinajstić information content (AvgIpc) is 2.81. The van der Waals surface area contributed by atoms with Gasteiger partial charge in [0.2, 0.25) is 12.4 Å². The highest BCUT2D eigenvalue weighted by Gasteiger charge is 2.50. The number of alkyl halides is 1. The van der Waals surface area contributed by atoms with Crippen LogP contribution in [0.5, 0.6) is 0 Å². The smallest absolute Gasteiger partial charge is 0.224 e. The first-order chi connectivity index (χ1) is 17.4. The average molecular weight is 493 g/mol. The highest BCUT2D eigenvalue weighted by atomic mass is 19.1. The van der Waals surface area contributed by atoms with Crippen LogP contribution in [0.25, 0.3) is 11.1 Å². The van der Waals surface area contributed by atoms with Crippen molar-refractivity contribution in [3.05, 3.63) is 30.0 Å². The molecular weight excluding hydrogens is 455 g/mol. The molecule has 192 valence electrons. The van der Waals surface area contributed by atoms with Gasteiger partial charge in [0.1, 0.15) is 12.0 Å². The first kappa shape index (κ1) is 23.6. The van der Waals surface area contributed by atoms with Crippen molar-refractivity contribution in [2.45, 2.75) is 70.1 Å². The van der Waals surface area contributed by atoms with Crippen molar-refractivity contribution in [1.29, 1.82) is 0 Å². The third-order valence-corrected chi connectivity index (χ3v) is 8.64. The fourth-order valence-corrected chi connectivity index (χ4v) is 6.74. The molecule has 0 bridgehead atoms. The predicted molar refractivity (Wildman–Crippen MR) is 141 cm³/mol. The summed E-state index contributed by atoms with van der Waals surface area (Å²) in [5, 5.41) is 3.27. The van der Waals surface area contributed by atoms with E-state index in [9.17, 15) is 9.18 Å². The second-order valence-electron chi connectivity index (χ2n) is 11.7. The molecule has 2 saturated heterocycles. The van der Waals surface area contributed by atoms with Gasteiger partial charge in [-0.25, -0.2) is 9.37 Å². The highest BCUT2D eigenvalue weighted by Crippen LogP contribution is 2.43. The molecule has 0 atom stereocenters. The Morgan fingerprint density at radius 2 is 1.86 bits per heavy atom. The van der Waals surface area contributed by atoms with Crippen LogP contribution in [0.1, 0.15) is 50.5 Å². The van der Waals surface area contributed by atoms with Crippen LogP contribution in [0.3, 0.4) is 0 Å². The van der Waals surface area contributed by atoms with E-state index in [1.807, 2.05) is 11.1 Å². The lowest BCUT2D eigenvalue weighted by atomic mass is 9.73. The normalized spacial score (nSPS) is 25.6. The summed E-state index contributed by atoms with van der Waals surface area (Å²) in [5.74, 6) is 1.13. The maximum absolute atomic E-state index is 13.4. The van der Waals surface area contributed by atoms with Crippen molar-refractivity contribution in [3.63, 3.8) is 0 Å². The molecule has 36 heavy (non-hydrogen) atoms. The lowest BCUT2D eigenvalue weighted by Gasteiger charge is -2.60. The Kier molecular flexibility index (Phi) is 6.10. The topological polar surface area (TPSA) is 64.6 Å². The number of amides is 1. The zero-order valence-electron chi connectivity index (χ0n) is 21.4. The SMILES string of the molecule is Cc1cc(N2CC3(CN(C)C3)C2)ccc1-c1cnc(NC2CC(F)C2)nc1N(C=O)C1CCCCC1. The molecule has 1 aromatic heterocycles. The molecule has 1 N–H and O–H groups in total. The second kappa shape index (κ2) is 9.29. The predicted octanol–water partition coefficient (Wildman–Crippen LogP) is 4.41. The lowest BCUT2D eigenvalue weighted by molar-refractivity contribution is -0.108. The van der Waals surface area contributed by atoms with Crippen LogP contribution in [0, 0.1) is 12.3 Å². The van der Waals surface area contributed by atoms with Crippen LogP contribution in [0.2, 0.25) is 0 Å². The van der Waals surface area contributed by atoms with Crippen molar-refractivity contribution in [2.75, 3.05) is 48.3 Å². The summed E-state index contributed by atoms with van der Waals surface area (Å²) >= 11 is 0.